The minimum Gasteiger partial charge on any atom is -0.550 e. The van der Waals surface area contributed by atoms with Crippen molar-refractivity contribution in [1.29, 1.82) is 0 Å². The molecule has 4 atom stereocenters. The Hall–Kier alpha value is -2.10. The molecule has 3 rings (SSSR count). The van der Waals surface area contributed by atoms with E-state index in [1.165, 1.54) is 5.56 Å². The quantitative estimate of drug-likeness (QED) is 0.831. The molecule has 110 valence electrons. The zero-order chi connectivity index (χ0) is 15.0. The number of carboxylic acid groups (broad SMARTS) is 1. The number of amides is 1. The summed E-state index contributed by atoms with van der Waals surface area (Å²) >= 11 is 0. The second-order valence-electron chi connectivity index (χ2n) is 6.02. The first-order chi connectivity index (χ1) is 10.1. The van der Waals surface area contributed by atoms with Crippen molar-refractivity contribution < 1.29 is 14.7 Å². The highest BCUT2D eigenvalue weighted by Crippen LogP contribution is 2.47. The van der Waals surface area contributed by atoms with Crippen LogP contribution >= 0.6 is 0 Å². The number of aliphatic carboxylic acids is 1. The fourth-order valence-electron chi connectivity index (χ4n) is 3.51. The summed E-state index contributed by atoms with van der Waals surface area (Å²) in [4.78, 5) is 23.6. The van der Waals surface area contributed by atoms with Crippen LogP contribution in [0.15, 0.2) is 36.4 Å². The maximum Gasteiger partial charge on any atom is 0.224 e. The summed E-state index contributed by atoms with van der Waals surface area (Å²) in [6.45, 7) is 2.44. The Morgan fingerprint density at radius 1 is 1.14 bits per heavy atom. The monoisotopic (exact) mass is 284 g/mol. The van der Waals surface area contributed by atoms with E-state index in [1.807, 2.05) is 43.3 Å². The number of carbonyl (C=O) groups excluding carboxylic acids is 2. The highest BCUT2D eigenvalue weighted by molar-refractivity contribution is 5.86. The predicted molar refractivity (Wildman–Crippen MR) is 75.7 cm³/mol. The van der Waals surface area contributed by atoms with E-state index in [0.29, 0.717) is 6.54 Å². The van der Waals surface area contributed by atoms with Gasteiger partial charge in [0.2, 0.25) is 5.91 Å². The maximum atomic E-state index is 12.4. The predicted octanol–water partition coefficient (Wildman–Crippen LogP) is 0.799. The minimum atomic E-state index is -1.11. The van der Waals surface area contributed by atoms with Crippen molar-refractivity contribution in [1.82, 2.24) is 5.32 Å². The average Bonchev–Trinajstić information content (AvgIpc) is 3.06. The third-order valence-electron chi connectivity index (χ3n) is 4.62. The van der Waals surface area contributed by atoms with Crippen molar-refractivity contribution in [2.24, 2.45) is 23.7 Å². The number of nitrogens with one attached hydrogen (secondary N) is 1. The van der Waals surface area contributed by atoms with Crippen LogP contribution in [0.5, 0.6) is 0 Å². The lowest BCUT2D eigenvalue weighted by molar-refractivity contribution is -0.313. The summed E-state index contributed by atoms with van der Waals surface area (Å²) in [5.74, 6) is -2.47. The highest BCUT2D eigenvalue weighted by Gasteiger charge is 2.48. The summed E-state index contributed by atoms with van der Waals surface area (Å²) in [6, 6.07) is 7.91. The molecule has 0 spiro atoms. The third-order valence-corrected chi connectivity index (χ3v) is 4.62. The van der Waals surface area contributed by atoms with Crippen LogP contribution in [-0.2, 0) is 16.1 Å². The summed E-state index contributed by atoms with van der Waals surface area (Å²) in [5.41, 5.74) is 2.18. The molecule has 1 aromatic carbocycles. The summed E-state index contributed by atoms with van der Waals surface area (Å²) in [6.07, 6.45) is 4.64. The second kappa shape index (κ2) is 5.35. The van der Waals surface area contributed by atoms with Gasteiger partial charge in [0.05, 0.1) is 5.92 Å². The Kier molecular flexibility index (Phi) is 3.53. The smallest absolute Gasteiger partial charge is 0.224 e. The van der Waals surface area contributed by atoms with Crippen LogP contribution in [0.25, 0.3) is 0 Å². The zero-order valence-corrected chi connectivity index (χ0v) is 11.9. The molecule has 2 aliphatic rings. The largest absolute Gasteiger partial charge is 0.550 e. The normalized spacial score (nSPS) is 29.6. The zero-order valence-electron chi connectivity index (χ0n) is 11.9. The van der Waals surface area contributed by atoms with Crippen molar-refractivity contribution in [3.05, 3.63) is 47.5 Å². The summed E-state index contributed by atoms with van der Waals surface area (Å²) < 4.78 is 0. The number of carboxylic acids is 1. The lowest BCUT2D eigenvalue weighted by atomic mass is 9.82. The van der Waals surface area contributed by atoms with Crippen LogP contribution in [0, 0.1) is 30.6 Å². The van der Waals surface area contributed by atoms with Gasteiger partial charge in [-0.3, -0.25) is 4.79 Å². The van der Waals surface area contributed by atoms with Crippen molar-refractivity contribution >= 4 is 11.9 Å². The summed E-state index contributed by atoms with van der Waals surface area (Å²) in [5, 5.41) is 14.2. The van der Waals surface area contributed by atoms with Crippen molar-refractivity contribution in [3.8, 4) is 0 Å². The molecule has 1 fully saturated rings. The van der Waals surface area contributed by atoms with Crippen molar-refractivity contribution in [2.45, 2.75) is 19.9 Å². The number of carbonyl (C=O) groups is 2. The van der Waals surface area contributed by atoms with Gasteiger partial charge in [0.25, 0.3) is 0 Å². The number of hydrogen-bond acceptors (Lipinski definition) is 3. The Labute approximate surface area is 123 Å². The van der Waals surface area contributed by atoms with Gasteiger partial charge < -0.3 is 15.2 Å². The third kappa shape index (κ3) is 2.58. The summed E-state index contributed by atoms with van der Waals surface area (Å²) in [7, 11) is 0. The van der Waals surface area contributed by atoms with Gasteiger partial charge in [0, 0.05) is 18.4 Å². The van der Waals surface area contributed by atoms with E-state index in [2.05, 4.69) is 5.32 Å². The molecule has 4 nitrogen and oxygen atoms in total. The molecule has 0 unspecified atom stereocenters. The van der Waals surface area contributed by atoms with Gasteiger partial charge in [-0.05, 0) is 30.7 Å². The fraction of sp³-hybridized carbons (Fsp3) is 0.412. The van der Waals surface area contributed by atoms with Crippen LogP contribution in [-0.4, -0.2) is 11.9 Å². The molecule has 0 radical (unpaired) electrons. The van der Waals surface area contributed by atoms with Crippen molar-refractivity contribution in [2.75, 3.05) is 0 Å². The number of benzene rings is 1. The average molecular weight is 284 g/mol. The molecule has 2 aliphatic carbocycles. The van der Waals surface area contributed by atoms with Gasteiger partial charge in [-0.1, -0.05) is 42.0 Å². The molecular formula is C17H18NO3-. The second-order valence-corrected chi connectivity index (χ2v) is 6.02. The molecule has 21 heavy (non-hydrogen) atoms. The minimum absolute atomic E-state index is 0.0379. The molecular weight excluding hydrogens is 266 g/mol. The molecule has 4 heteroatoms. The lowest BCUT2D eigenvalue weighted by Crippen LogP contribution is -2.44. The first kappa shape index (κ1) is 13.9. The number of hydrogen-bond donors (Lipinski definition) is 1. The van der Waals surface area contributed by atoms with Crippen molar-refractivity contribution in [3.63, 3.8) is 0 Å². The van der Waals surface area contributed by atoms with Gasteiger partial charge in [-0.2, -0.15) is 0 Å². The van der Waals surface area contributed by atoms with E-state index in [-0.39, 0.29) is 17.7 Å². The fourth-order valence-corrected chi connectivity index (χ4v) is 3.51. The van der Waals surface area contributed by atoms with Gasteiger partial charge in [0.15, 0.2) is 0 Å². The van der Waals surface area contributed by atoms with Gasteiger partial charge >= 0.3 is 0 Å². The number of rotatable bonds is 4. The Bertz CT molecular complexity index is 591. The molecule has 1 aromatic rings. The van der Waals surface area contributed by atoms with E-state index >= 15 is 0 Å². The first-order valence-electron chi connectivity index (χ1n) is 7.28. The molecule has 0 aliphatic heterocycles. The first-order valence-corrected chi connectivity index (χ1v) is 7.28. The van der Waals surface area contributed by atoms with Crippen LogP contribution in [0.4, 0.5) is 0 Å². The van der Waals surface area contributed by atoms with E-state index in [0.717, 1.165) is 12.0 Å². The standard InChI is InChI=1S/C17H19NO3/c1-10-2-4-11(5-3-10)9-18-16(19)14-12-6-7-13(8-12)15(14)17(20)21/h2-7,12-15H,8-9H2,1H3,(H,18,19)(H,20,21)/p-1/t12-,13-,14+,15-/m0/s1. The maximum absolute atomic E-state index is 12.4. The topological polar surface area (TPSA) is 69.2 Å². The molecule has 0 saturated heterocycles. The number of allylic oxidation sites excluding steroid dienone is 2. The van der Waals surface area contributed by atoms with Gasteiger partial charge in [-0.15, -0.1) is 0 Å². The number of aryl methyl sites for hydroxylation is 1. The molecule has 0 aromatic heterocycles. The SMILES string of the molecule is Cc1ccc(CNC(=O)[C@H]2[C@@H](C(=O)[O-])[C@H]3C=C[C@H]2C3)cc1. The van der Waals surface area contributed by atoms with E-state index in [1.54, 1.807) is 0 Å². The van der Waals surface area contributed by atoms with E-state index < -0.39 is 17.8 Å². The molecule has 0 heterocycles. The van der Waals surface area contributed by atoms with Gasteiger partial charge in [0.1, 0.15) is 0 Å². The van der Waals surface area contributed by atoms with Crippen LogP contribution < -0.4 is 10.4 Å². The highest BCUT2D eigenvalue weighted by atomic mass is 16.4. The van der Waals surface area contributed by atoms with Crippen LogP contribution in [0.3, 0.4) is 0 Å². The Morgan fingerprint density at radius 3 is 2.38 bits per heavy atom. The van der Waals surface area contributed by atoms with E-state index in [9.17, 15) is 14.7 Å². The molecule has 2 bridgehead atoms. The van der Waals surface area contributed by atoms with Gasteiger partial charge in [-0.25, -0.2) is 0 Å². The molecule has 1 amide bonds. The Balaban J connectivity index is 1.66. The Morgan fingerprint density at radius 2 is 1.76 bits per heavy atom. The molecule has 1 N–H and O–H groups in total. The lowest BCUT2D eigenvalue weighted by Gasteiger charge is -2.27. The van der Waals surface area contributed by atoms with E-state index in [4.69, 9.17) is 0 Å². The molecule has 1 saturated carbocycles. The number of fused-ring (bicyclic) bond motifs is 2. The van der Waals surface area contributed by atoms with Crippen LogP contribution in [0.2, 0.25) is 0 Å². The van der Waals surface area contributed by atoms with Crippen LogP contribution in [0.1, 0.15) is 17.5 Å².